The molecule has 0 saturated carbocycles. The Bertz CT molecular complexity index is 413. The molecule has 1 fully saturated rings. The van der Waals surface area contributed by atoms with Crippen molar-refractivity contribution in [1.29, 1.82) is 0 Å². The van der Waals surface area contributed by atoms with Crippen LogP contribution in [-0.4, -0.2) is 25.0 Å². The van der Waals surface area contributed by atoms with Crippen LogP contribution in [0.15, 0.2) is 24.3 Å². The van der Waals surface area contributed by atoms with Crippen LogP contribution in [0.2, 0.25) is 0 Å². The summed E-state index contributed by atoms with van der Waals surface area (Å²) in [6.07, 6.45) is 3.28. The highest BCUT2D eigenvalue weighted by atomic mass is 19.1. The molecule has 1 aliphatic heterocycles. The zero-order valence-electron chi connectivity index (χ0n) is 11.4. The maximum atomic E-state index is 13.0. The van der Waals surface area contributed by atoms with E-state index in [2.05, 4.69) is 5.32 Å². The second-order valence-electron chi connectivity index (χ2n) is 4.97. The fraction of sp³-hybridized carbons (Fsp3) is 0.533. The van der Waals surface area contributed by atoms with Crippen molar-refractivity contribution >= 4 is 11.6 Å². The van der Waals surface area contributed by atoms with Crippen molar-refractivity contribution in [2.24, 2.45) is 0 Å². The van der Waals surface area contributed by atoms with Crippen molar-refractivity contribution in [3.05, 3.63) is 30.1 Å². The fourth-order valence-corrected chi connectivity index (χ4v) is 2.56. The van der Waals surface area contributed by atoms with E-state index in [0.29, 0.717) is 6.42 Å². The molecule has 1 N–H and O–H groups in total. The van der Waals surface area contributed by atoms with Gasteiger partial charge in [-0.05, 0) is 56.6 Å². The third-order valence-corrected chi connectivity index (χ3v) is 3.51. The molecule has 0 bridgehead atoms. The lowest BCUT2D eigenvalue weighted by molar-refractivity contribution is -0.119. The van der Waals surface area contributed by atoms with Crippen LogP contribution >= 0.6 is 0 Å². The summed E-state index contributed by atoms with van der Waals surface area (Å²) in [4.78, 5) is 14.2. The van der Waals surface area contributed by atoms with Gasteiger partial charge in [0.2, 0.25) is 5.91 Å². The van der Waals surface area contributed by atoms with Crippen LogP contribution in [0.4, 0.5) is 10.1 Å². The summed E-state index contributed by atoms with van der Waals surface area (Å²) in [7, 11) is 0. The molecule has 0 unspecified atom stereocenters. The van der Waals surface area contributed by atoms with Crippen molar-refractivity contribution in [2.75, 3.05) is 18.0 Å². The highest BCUT2D eigenvalue weighted by Crippen LogP contribution is 2.23. The highest BCUT2D eigenvalue weighted by Gasteiger charge is 2.26. The third-order valence-electron chi connectivity index (χ3n) is 3.51. The molecule has 1 amide bonds. The first kappa shape index (κ1) is 14.0. The Balaban J connectivity index is 2.22. The number of rotatable bonds is 4. The van der Waals surface area contributed by atoms with Crippen molar-refractivity contribution < 1.29 is 9.18 Å². The Morgan fingerprint density at radius 1 is 1.32 bits per heavy atom. The van der Waals surface area contributed by atoms with Crippen LogP contribution < -0.4 is 10.2 Å². The van der Waals surface area contributed by atoms with Gasteiger partial charge in [0.25, 0.3) is 0 Å². The number of anilines is 1. The zero-order valence-corrected chi connectivity index (χ0v) is 11.4. The van der Waals surface area contributed by atoms with Crippen LogP contribution in [0.1, 0.15) is 32.6 Å². The van der Waals surface area contributed by atoms with E-state index in [1.165, 1.54) is 12.1 Å². The molecule has 1 heterocycles. The number of benzene rings is 1. The van der Waals surface area contributed by atoms with E-state index in [1.807, 2.05) is 11.8 Å². The van der Waals surface area contributed by atoms with E-state index < -0.39 is 0 Å². The number of nitrogens with one attached hydrogen (secondary N) is 1. The summed E-state index contributed by atoms with van der Waals surface area (Å²) in [6.45, 7) is 3.87. The van der Waals surface area contributed by atoms with E-state index in [1.54, 1.807) is 12.1 Å². The number of hydrogen-bond acceptors (Lipinski definition) is 2. The summed E-state index contributed by atoms with van der Waals surface area (Å²) < 4.78 is 13.0. The Morgan fingerprint density at radius 2 is 1.95 bits per heavy atom. The molecule has 0 atom stereocenters. The van der Waals surface area contributed by atoms with Crippen LogP contribution in [0.25, 0.3) is 0 Å². The standard InChI is InChI=1S/C15H21FN2O/c1-2-3-15(19)18(14-8-10-17-11-9-14)13-6-4-12(16)5-7-13/h4-7,14,17H,2-3,8-11H2,1H3. The Hall–Kier alpha value is -1.42. The minimum absolute atomic E-state index is 0.140. The van der Waals surface area contributed by atoms with Gasteiger partial charge >= 0.3 is 0 Å². The monoisotopic (exact) mass is 264 g/mol. The lowest BCUT2D eigenvalue weighted by Gasteiger charge is -2.34. The minimum atomic E-state index is -0.267. The molecule has 0 aromatic heterocycles. The normalized spacial score (nSPS) is 16.3. The molecule has 0 radical (unpaired) electrons. The Morgan fingerprint density at radius 3 is 2.53 bits per heavy atom. The zero-order chi connectivity index (χ0) is 13.7. The SMILES string of the molecule is CCCC(=O)N(c1ccc(F)cc1)C1CCNCC1. The molecular weight excluding hydrogens is 243 g/mol. The first-order valence-corrected chi connectivity index (χ1v) is 7.00. The predicted molar refractivity (Wildman–Crippen MR) is 74.7 cm³/mol. The number of halogens is 1. The van der Waals surface area contributed by atoms with Crippen LogP contribution in [-0.2, 0) is 4.79 Å². The van der Waals surface area contributed by atoms with Gasteiger partial charge in [-0.2, -0.15) is 0 Å². The molecular formula is C15H21FN2O. The second kappa shape index (κ2) is 6.66. The van der Waals surface area contributed by atoms with Crippen molar-refractivity contribution in [2.45, 2.75) is 38.6 Å². The molecule has 0 aliphatic carbocycles. The van der Waals surface area contributed by atoms with E-state index in [0.717, 1.165) is 38.0 Å². The first-order chi connectivity index (χ1) is 9.22. The maximum Gasteiger partial charge on any atom is 0.227 e. The van der Waals surface area contributed by atoms with Gasteiger partial charge in [-0.3, -0.25) is 4.79 Å². The minimum Gasteiger partial charge on any atom is -0.317 e. The van der Waals surface area contributed by atoms with E-state index in [4.69, 9.17) is 0 Å². The summed E-state index contributed by atoms with van der Waals surface area (Å²) in [6, 6.07) is 6.46. The molecule has 3 nitrogen and oxygen atoms in total. The highest BCUT2D eigenvalue weighted by molar-refractivity contribution is 5.93. The van der Waals surface area contributed by atoms with Gasteiger partial charge in [0.15, 0.2) is 0 Å². The number of amides is 1. The van der Waals surface area contributed by atoms with Crippen molar-refractivity contribution in [1.82, 2.24) is 5.32 Å². The topological polar surface area (TPSA) is 32.3 Å². The predicted octanol–water partition coefficient (Wildman–Crippen LogP) is 2.71. The fourth-order valence-electron chi connectivity index (χ4n) is 2.56. The average Bonchev–Trinajstić information content (AvgIpc) is 2.43. The van der Waals surface area contributed by atoms with E-state index >= 15 is 0 Å². The number of piperidine rings is 1. The molecule has 1 aromatic rings. The quantitative estimate of drug-likeness (QED) is 0.907. The van der Waals surface area contributed by atoms with Gasteiger partial charge in [0, 0.05) is 18.2 Å². The summed E-state index contributed by atoms with van der Waals surface area (Å²) >= 11 is 0. The molecule has 2 rings (SSSR count). The van der Waals surface area contributed by atoms with Gasteiger partial charge in [-0.1, -0.05) is 6.92 Å². The van der Waals surface area contributed by atoms with Crippen LogP contribution in [0, 0.1) is 5.82 Å². The smallest absolute Gasteiger partial charge is 0.227 e. The molecule has 19 heavy (non-hydrogen) atoms. The van der Waals surface area contributed by atoms with E-state index in [-0.39, 0.29) is 17.8 Å². The third kappa shape index (κ3) is 3.53. The van der Waals surface area contributed by atoms with Gasteiger partial charge in [0.05, 0.1) is 0 Å². The van der Waals surface area contributed by atoms with E-state index in [9.17, 15) is 9.18 Å². The molecule has 1 aromatic carbocycles. The largest absolute Gasteiger partial charge is 0.317 e. The molecule has 4 heteroatoms. The Kier molecular flexibility index (Phi) is 4.91. The molecule has 1 saturated heterocycles. The van der Waals surface area contributed by atoms with Crippen molar-refractivity contribution in [3.63, 3.8) is 0 Å². The summed E-state index contributed by atoms with van der Waals surface area (Å²) in [5, 5.41) is 3.30. The van der Waals surface area contributed by atoms with Crippen LogP contribution in [0.5, 0.6) is 0 Å². The number of carbonyl (C=O) groups excluding carboxylic acids is 1. The molecule has 0 spiro atoms. The molecule has 1 aliphatic rings. The average molecular weight is 264 g/mol. The van der Waals surface area contributed by atoms with Crippen molar-refractivity contribution in [3.8, 4) is 0 Å². The lowest BCUT2D eigenvalue weighted by atomic mass is 10.0. The van der Waals surface area contributed by atoms with Gasteiger partial charge in [-0.25, -0.2) is 4.39 Å². The molecule has 104 valence electrons. The van der Waals surface area contributed by atoms with Gasteiger partial charge < -0.3 is 10.2 Å². The van der Waals surface area contributed by atoms with Gasteiger partial charge in [0.1, 0.15) is 5.82 Å². The van der Waals surface area contributed by atoms with Gasteiger partial charge in [-0.15, -0.1) is 0 Å². The first-order valence-electron chi connectivity index (χ1n) is 7.00. The second-order valence-corrected chi connectivity index (χ2v) is 4.97. The Labute approximate surface area is 113 Å². The number of hydrogen-bond donors (Lipinski definition) is 1. The lowest BCUT2D eigenvalue weighted by Crippen LogP contribution is -2.46. The maximum absolute atomic E-state index is 13.0. The van der Waals surface area contributed by atoms with Crippen LogP contribution in [0.3, 0.4) is 0 Å². The number of nitrogens with zero attached hydrogens (tertiary/aromatic N) is 1. The summed E-state index contributed by atoms with van der Waals surface area (Å²) in [5.74, 6) is -0.127. The summed E-state index contributed by atoms with van der Waals surface area (Å²) in [5.41, 5.74) is 0.812. The number of carbonyl (C=O) groups is 1.